The van der Waals surface area contributed by atoms with Crippen LogP contribution in [-0.2, 0) is 0 Å². The lowest BCUT2D eigenvalue weighted by molar-refractivity contribution is 1.02. The smallest absolute Gasteiger partial charge is 0.0966 e. The summed E-state index contributed by atoms with van der Waals surface area (Å²) in [5.74, 6) is 0. The van der Waals surface area contributed by atoms with E-state index in [1.807, 2.05) is 0 Å². The minimum atomic E-state index is 0.898. The van der Waals surface area contributed by atoms with Crippen molar-refractivity contribution in [1.29, 1.82) is 0 Å². The van der Waals surface area contributed by atoms with Gasteiger partial charge >= 0.3 is 0 Å². The van der Waals surface area contributed by atoms with Crippen molar-refractivity contribution < 1.29 is 0 Å². The predicted molar refractivity (Wildman–Crippen MR) is 38.8 cm³/mol. The first kappa shape index (κ1) is 6.19. The van der Waals surface area contributed by atoms with Crippen molar-refractivity contribution in [3.05, 3.63) is 0 Å². The quantitative estimate of drug-likeness (QED) is 0.351. The number of hydrogen-bond donors (Lipinski definition) is 0. The highest BCUT2D eigenvalue weighted by atomic mass is 13.7. The summed E-state index contributed by atoms with van der Waals surface area (Å²) in [5.41, 5.74) is 0.898. The molecule has 3 heteroatoms. The first-order valence-electron chi connectivity index (χ1n) is 2.77. The second kappa shape index (κ2) is 3.39. The first-order valence-corrected chi connectivity index (χ1v) is 2.77. The fourth-order valence-corrected chi connectivity index (χ4v) is 0.577. The van der Waals surface area contributed by atoms with Crippen LogP contribution in [0, 0.1) is 0 Å². The third-order valence-corrected chi connectivity index (χ3v) is 0.866. The van der Waals surface area contributed by atoms with E-state index in [2.05, 4.69) is 23.5 Å². The summed E-state index contributed by atoms with van der Waals surface area (Å²) in [6.45, 7) is 0. The van der Waals surface area contributed by atoms with Gasteiger partial charge in [0.1, 0.15) is 7.85 Å². The summed E-state index contributed by atoms with van der Waals surface area (Å²) < 4.78 is 0. The monoisotopic (exact) mass is 80.1 g/mol. The average Bonchev–Trinajstić information content (AvgIpc) is 1.35. The highest BCUT2D eigenvalue weighted by Gasteiger charge is 1.87. The van der Waals surface area contributed by atoms with Gasteiger partial charge in [-0.3, -0.25) is 0 Å². The molecule has 0 saturated heterocycles. The molecule has 0 fully saturated rings. The van der Waals surface area contributed by atoms with Gasteiger partial charge < -0.3 is 0 Å². The highest BCUT2D eigenvalue weighted by molar-refractivity contribution is 6.35. The summed E-state index contributed by atoms with van der Waals surface area (Å²) in [7, 11) is 6.73. The lowest BCUT2D eigenvalue weighted by Gasteiger charge is -1.95. The van der Waals surface area contributed by atoms with Crippen molar-refractivity contribution in [1.82, 2.24) is 0 Å². The Balaban J connectivity index is 2.63. The molecule has 6 heavy (non-hydrogen) atoms. The molecule has 0 aromatic rings. The Morgan fingerprint density at radius 3 is 1.83 bits per heavy atom. The van der Waals surface area contributed by atoms with E-state index in [-0.39, 0.29) is 0 Å². The van der Waals surface area contributed by atoms with Gasteiger partial charge in [0, 0.05) is 0 Å². The molecule has 0 heterocycles. The zero-order valence-electron chi connectivity index (χ0n) is 4.99. The van der Waals surface area contributed by atoms with Gasteiger partial charge in [-0.05, 0) is 0 Å². The largest absolute Gasteiger partial charge is 0.101 e. The van der Waals surface area contributed by atoms with Crippen LogP contribution in [0.3, 0.4) is 0 Å². The van der Waals surface area contributed by atoms with Gasteiger partial charge in [0.15, 0.2) is 0 Å². The van der Waals surface area contributed by atoms with Gasteiger partial charge in [-0.25, -0.2) is 0 Å². The van der Waals surface area contributed by atoms with Crippen molar-refractivity contribution in [3.63, 3.8) is 0 Å². The SMILES string of the molecule is BCCC(B)B. The molecule has 0 spiro atoms. The fraction of sp³-hybridized carbons (Fsp3) is 1.00. The predicted octanol–water partition coefficient (Wildman–Crippen LogP) is -1.56. The normalized spacial score (nSPS) is 9.50. The second-order valence-electron chi connectivity index (χ2n) is 2.18. The van der Waals surface area contributed by atoms with E-state index in [1.165, 1.54) is 12.7 Å². The summed E-state index contributed by atoms with van der Waals surface area (Å²) in [6.07, 6.45) is 2.71. The van der Waals surface area contributed by atoms with Crippen LogP contribution in [0.4, 0.5) is 0 Å². The van der Waals surface area contributed by atoms with E-state index in [1.54, 1.807) is 0 Å². The van der Waals surface area contributed by atoms with Crippen LogP contribution in [-0.4, -0.2) is 23.5 Å². The van der Waals surface area contributed by atoms with Crippen LogP contribution in [0.15, 0.2) is 0 Å². The van der Waals surface area contributed by atoms with Crippen molar-refractivity contribution in [2.45, 2.75) is 18.5 Å². The van der Waals surface area contributed by atoms with Gasteiger partial charge in [0.2, 0.25) is 0 Å². The van der Waals surface area contributed by atoms with E-state index in [4.69, 9.17) is 0 Å². The number of rotatable bonds is 2. The summed E-state index contributed by atoms with van der Waals surface area (Å²) >= 11 is 0. The lowest BCUT2D eigenvalue weighted by Crippen LogP contribution is -1.88. The van der Waals surface area contributed by atoms with Gasteiger partial charge in [0.25, 0.3) is 0 Å². The molecule has 0 aliphatic carbocycles. The van der Waals surface area contributed by atoms with E-state index in [9.17, 15) is 0 Å². The topological polar surface area (TPSA) is 0 Å². The molecule has 0 N–H and O–H groups in total. The molecule has 0 saturated carbocycles. The molecule has 0 aliphatic heterocycles. The molecule has 0 aromatic heterocycles. The standard InChI is InChI=1S/C3H11B3/c4-2-1-3(5)6/h3H,1-2,4-6H2. The lowest BCUT2D eigenvalue weighted by atomic mass is 9.67. The van der Waals surface area contributed by atoms with Crippen molar-refractivity contribution in [2.24, 2.45) is 0 Å². The van der Waals surface area contributed by atoms with E-state index in [0.717, 1.165) is 5.72 Å². The Labute approximate surface area is 42.9 Å². The minimum absolute atomic E-state index is 0.898. The molecule has 0 nitrogen and oxygen atoms in total. The number of hydrogen-bond acceptors (Lipinski definition) is 0. The maximum Gasteiger partial charge on any atom is 0.101 e. The molecular formula is C3H11B3. The summed E-state index contributed by atoms with van der Waals surface area (Å²) in [6, 6.07) is 0. The molecule has 0 radical (unpaired) electrons. The van der Waals surface area contributed by atoms with E-state index in [0.29, 0.717) is 0 Å². The Morgan fingerprint density at radius 1 is 1.33 bits per heavy atom. The molecule has 0 aliphatic rings. The summed E-state index contributed by atoms with van der Waals surface area (Å²) in [5, 5.41) is 0. The maximum absolute atomic E-state index is 2.25. The van der Waals surface area contributed by atoms with Crippen LogP contribution in [0.5, 0.6) is 0 Å². The van der Waals surface area contributed by atoms with Gasteiger partial charge in [0.05, 0.1) is 15.7 Å². The van der Waals surface area contributed by atoms with Gasteiger partial charge in [-0.15, -0.1) is 0 Å². The van der Waals surface area contributed by atoms with Crippen molar-refractivity contribution >= 4 is 23.5 Å². The maximum atomic E-state index is 2.25. The van der Waals surface area contributed by atoms with Crippen LogP contribution in [0.25, 0.3) is 0 Å². The second-order valence-corrected chi connectivity index (χ2v) is 2.18. The van der Waals surface area contributed by atoms with E-state index >= 15 is 0 Å². The van der Waals surface area contributed by atoms with Crippen molar-refractivity contribution in [3.8, 4) is 0 Å². The molecule has 32 valence electrons. The fourth-order valence-electron chi connectivity index (χ4n) is 0.577. The van der Waals surface area contributed by atoms with Crippen molar-refractivity contribution in [2.75, 3.05) is 0 Å². The summed E-state index contributed by atoms with van der Waals surface area (Å²) in [4.78, 5) is 0. The zero-order valence-corrected chi connectivity index (χ0v) is 4.99. The third-order valence-electron chi connectivity index (χ3n) is 0.866. The molecule has 0 bridgehead atoms. The third kappa shape index (κ3) is 4.19. The minimum Gasteiger partial charge on any atom is -0.0966 e. The molecule has 0 rings (SSSR count). The molecule has 0 aromatic carbocycles. The molecular weight excluding hydrogens is 68.5 g/mol. The Morgan fingerprint density at radius 2 is 1.83 bits per heavy atom. The first-order chi connectivity index (χ1) is 2.77. The van der Waals surface area contributed by atoms with Crippen LogP contribution < -0.4 is 0 Å². The Hall–Kier alpha value is 0.195. The Kier molecular flexibility index (Phi) is 3.50. The Bertz CT molecular complexity index is 27.2. The van der Waals surface area contributed by atoms with Crippen LogP contribution in [0.1, 0.15) is 6.42 Å². The average molecular weight is 79.6 g/mol. The van der Waals surface area contributed by atoms with Crippen LogP contribution >= 0.6 is 0 Å². The molecule has 0 amide bonds. The zero-order chi connectivity index (χ0) is 4.99. The molecule has 0 unspecified atom stereocenters. The molecule has 0 atom stereocenters. The van der Waals surface area contributed by atoms with Crippen LogP contribution in [0.2, 0.25) is 12.0 Å². The van der Waals surface area contributed by atoms with Gasteiger partial charge in [-0.2, -0.15) is 0 Å². The highest BCUT2D eigenvalue weighted by Crippen LogP contribution is 1.98. The van der Waals surface area contributed by atoms with Gasteiger partial charge in [-0.1, -0.05) is 18.5 Å². The van der Waals surface area contributed by atoms with E-state index < -0.39 is 0 Å².